The molecular formula is C12H17NO5. The van der Waals surface area contributed by atoms with Crippen LogP contribution >= 0.6 is 0 Å². The molecule has 0 aromatic rings. The summed E-state index contributed by atoms with van der Waals surface area (Å²) in [6, 6.07) is -0.426. The first-order valence-electron chi connectivity index (χ1n) is 5.73. The molecule has 0 heterocycles. The van der Waals surface area contributed by atoms with E-state index in [1.165, 1.54) is 0 Å². The van der Waals surface area contributed by atoms with Crippen molar-refractivity contribution in [3.05, 3.63) is 12.2 Å². The van der Waals surface area contributed by atoms with Crippen LogP contribution in [0.1, 0.15) is 26.2 Å². The average Bonchev–Trinajstić information content (AvgIpc) is 2.28. The first-order valence-corrected chi connectivity index (χ1v) is 5.73. The monoisotopic (exact) mass is 255 g/mol. The van der Waals surface area contributed by atoms with Gasteiger partial charge in [0.25, 0.3) is 0 Å². The molecule has 18 heavy (non-hydrogen) atoms. The summed E-state index contributed by atoms with van der Waals surface area (Å²) >= 11 is 0. The van der Waals surface area contributed by atoms with Gasteiger partial charge in [0, 0.05) is 11.6 Å². The molecule has 3 N–H and O–H groups in total. The van der Waals surface area contributed by atoms with Crippen molar-refractivity contribution in [1.29, 1.82) is 0 Å². The van der Waals surface area contributed by atoms with Gasteiger partial charge in [-0.15, -0.1) is 0 Å². The van der Waals surface area contributed by atoms with Crippen LogP contribution in [0.25, 0.3) is 0 Å². The van der Waals surface area contributed by atoms with Gasteiger partial charge >= 0.3 is 11.9 Å². The van der Waals surface area contributed by atoms with E-state index in [0.29, 0.717) is 5.57 Å². The Morgan fingerprint density at radius 3 is 1.83 bits per heavy atom. The van der Waals surface area contributed by atoms with E-state index in [1.807, 2.05) is 0 Å². The summed E-state index contributed by atoms with van der Waals surface area (Å²) in [6.45, 7) is 5.03. The zero-order chi connectivity index (χ0) is 13.9. The van der Waals surface area contributed by atoms with Crippen molar-refractivity contribution in [2.24, 2.45) is 11.8 Å². The molecule has 100 valence electrons. The minimum absolute atomic E-state index is 0.115. The highest BCUT2D eigenvalue weighted by atomic mass is 16.4. The summed E-state index contributed by atoms with van der Waals surface area (Å²) in [5.41, 5.74) is 0.319. The lowest BCUT2D eigenvalue weighted by atomic mass is 9.78. The Hall–Kier alpha value is -1.85. The third-order valence-corrected chi connectivity index (χ3v) is 3.13. The van der Waals surface area contributed by atoms with Crippen molar-refractivity contribution in [2.45, 2.75) is 32.2 Å². The predicted octanol–water partition coefficient (Wildman–Crippen LogP) is 0.633. The number of hydrogen-bond donors (Lipinski definition) is 3. The normalized spacial score (nSPS) is 27.3. The summed E-state index contributed by atoms with van der Waals surface area (Å²) < 4.78 is 0. The molecule has 6 heteroatoms. The summed E-state index contributed by atoms with van der Waals surface area (Å²) in [5, 5.41) is 20.6. The molecule has 0 radical (unpaired) electrons. The zero-order valence-corrected chi connectivity index (χ0v) is 10.2. The van der Waals surface area contributed by atoms with E-state index in [-0.39, 0.29) is 25.2 Å². The molecule has 0 spiro atoms. The van der Waals surface area contributed by atoms with E-state index in [1.54, 1.807) is 6.92 Å². The fourth-order valence-corrected chi connectivity index (χ4v) is 2.15. The lowest BCUT2D eigenvalue weighted by Gasteiger charge is -2.31. The fraction of sp³-hybridized carbons (Fsp3) is 0.583. The molecule has 1 rings (SSSR count). The van der Waals surface area contributed by atoms with Gasteiger partial charge < -0.3 is 15.5 Å². The summed E-state index contributed by atoms with van der Waals surface area (Å²) in [7, 11) is 0. The Morgan fingerprint density at radius 1 is 1.06 bits per heavy atom. The number of rotatable bonds is 4. The first kappa shape index (κ1) is 14.2. The topological polar surface area (TPSA) is 104 Å². The second-order valence-corrected chi connectivity index (χ2v) is 4.73. The first-order chi connectivity index (χ1) is 8.31. The lowest BCUT2D eigenvalue weighted by Crippen LogP contribution is -2.44. The Labute approximate surface area is 105 Å². The van der Waals surface area contributed by atoms with Gasteiger partial charge in [0.2, 0.25) is 5.91 Å². The van der Waals surface area contributed by atoms with Gasteiger partial charge in [-0.05, 0) is 26.2 Å². The van der Waals surface area contributed by atoms with E-state index < -0.39 is 29.8 Å². The molecule has 1 fully saturated rings. The number of aliphatic carboxylic acids is 2. The number of carbonyl (C=O) groups excluding carboxylic acids is 1. The lowest BCUT2D eigenvalue weighted by molar-refractivity contribution is -0.149. The minimum Gasteiger partial charge on any atom is -0.481 e. The number of hydrogen-bond acceptors (Lipinski definition) is 3. The molecule has 0 aliphatic heterocycles. The van der Waals surface area contributed by atoms with Crippen molar-refractivity contribution in [1.82, 2.24) is 5.32 Å². The van der Waals surface area contributed by atoms with Crippen molar-refractivity contribution in [3.8, 4) is 0 Å². The molecule has 1 amide bonds. The Kier molecular flexibility index (Phi) is 4.47. The van der Waals surface area contributed by atoms with E-state index in [9.17, 15) is 14.4 Å². The third-order valence-electron chi connectivity index (χ3n) is 3.13. The highest BCUT2D eigenvalue weighted by Gasteiger charge is 2.36. The van der Waals surface area contributed by atoms with Crippen LogP contribution in [0.2, 0.25) is 0 Å². The largest absolute Gasteiger partial charge is 0.481 e. The van der Waals surface area contributed by atoms with Gasteiger partial charge in [0.1, 0.15) is 0 Å². The number of amides is 1. The van der Waals surface area contributed by atoms with Crippen LogP contribution in [0.4, 0.5) is 0 Å². The van der Waals surface area contributed by atoms with Crippen molar-refractivity contribution < 1.29 is 24.6 Å². The van der Waals surface area contributed by atoms with Crippen LogP contribution in [0, 0.1) is 11.8 Å². The van der Waals surface area contributed by atoms with Gasteiger partial charge in [0.05, 0.1) is 11.8 Å². The van der Waals surface area contributed by atoms with Crippen LogP contribution in [0.3, 0.4) is 0 Å². The number of carboxylic acid groups (broad SMARTS) is 2. The van der Waals surface area contributed by atoms with E-state index >= 15 is 0 Å². The Morgan fingerprint density at radius 2 is 1.50 bits per heavy atom. The molecule has 0 bridgehead atoms. The molecule has 2 atom stereocenters. The molecule has 1 aliphatic carbocycles. The number of carboxylic acids is 2. The summed E-state index contributed by atoms with van der Waals surface area (Å²) in [5.74, 6) is -3.85. The second-order valence-electron chi connectivity index (χ2n) is 4.73. The molecule has 0 saturated heterocycles. The van der Waals surface area contributed by atoms with E-state index in [0.717, 1.165) is 0 Å². The quantitative estimate of drug-likeness (QED) is 0.639. The maximum absolute atomic E-state index is 11.5. The number of carbonyl (C=O) groups is 3. The molecule has 2 unspecified atom stereocenters. The highest BCUT2D eigenvalue weighted by molar-refractivity contribution is 5.92. The van der Waals surface area contributed by atoms with Crippen LogP contribution in [-0.4, -0.2) is 34.1 Å². The van der Waals surface area contributed by atoms with Gasteiger partial charge in [-0.1, -0.05) is 6.58 Å². The smallest absolute Gasteiger partial charge is 0.306 e. The van der Waals surface area contributed by atoms with Crippen molar-refractivity contribution >= 4 is 17.8 Å². The van der Waals surface area contributed by atoms with Gasteiger partial charge in [-0.25, -0.2) is 0 Å². The molecule has 0 aromatic heterocycles. The van der Waals surface area contributed by atoms with Gasteiger partial charge in [0.15, 0.2) is 0 Å². The van der Waals surface area contributed by atoms with Gasteiger partial charge in [-0.3, -0.25) is 14.4 Å². The van der Waals surface area contributed by atoms with Crippen molar-refractivity contribution in [3.63, 3.8) is 0 Å². The maximum Gasteiger partial charge on any atom is 0.306 e. The molecule has 0 aromatic carbocycles. The standard InChI is InChI=1S/C12H17NO5/c1-6(2)10(14)13-9-4-7(11(15)16)3-8(5-9)12(17)18/h7-9H,1,3-5H2,2H3,(H,13,14)(H,15,16)(H,17,18). The third kappa shape index (κ3) is 3.58. The molecule has 6 nitrogen and oxygen atoms in total. The van der Waals surface area contributed by atoms with Crippen LogP contribution in [0.15, 0.2) is 12.2 Å². The Balaban J connectivity index is 2.73. The predicted molar refractivity (Wildman–Crippen MR) is 62.8 cm³/mol. The van der Waals surface area contributed by atoms with Crippen molar-refractivity contribution in [2.75, 3.05) is 0 Å². The average molecular weight is 255 g/mol. The fourth-order valence-electron chi connectivity index (χ4n) is 2.15. The van der Waals surface area contributed by atoms with Crippen LogP contribution in [0.5, 0.6) is 0 Å². The maximum atomic E-state index is 11.5. The summed E-state index contributed by atoms with van der Waals surface area (Å²) in [4.78, 5) is 33.4. The molecular weight excluding hydrogens is 238 g/mol. The summed E-state index contributed by atoms with van der Waals surface area (Å²) in [6.07, 6.45) is 0.639. The Bertz CT molecular complexity index is 368. The SMILES string of the molecule is C=C(C)C(=O)NC1CC(C(=O)O)CC(C(=O)O)C1. The van der Waals surface area contributed by atoms with Gasteiger partial charge in [-0.2, -0.15) is 0 Å². The van der Waals surface area contributed by atoms with E-state index in [4.69, 9.17) is 10.2 Å². The number of nitrogens with one attached hydrogen (secondary N) is 1. The van der Waals surface area contributed by atoms with E-state index in [2.05, 4.69) is 11.9 Å². The minimum atomic E-state index is -1.02. The van der Waals surface area contributed by atoms with Crippen LogP contribution < -0.4 is 5.32 Å². The second kappa shape index (κ2) is 5.66. The van der Waals surface area contributed by atoms with Crippen LogP contribution in [-0.2, 0) is 14.4 Å². The highest BCUT2D eigenvalue weighted by Crippen LogP contribution is 2.30. The molecule has 1 saturated carbocycles. The molecule has 1 aliphatic rings. The zero-order valence-electron chi connectivity index (χ0n) is 10.2.